The lowest BCUT2D eigenvalue weighted by atomic mass is 10.0. The molecule has 0 fully saturated rings. The van der Waals surface area contributed by atoms with Crippen LogP contribution in [0.15, 0.2) is 29.2 Å². The number of benzene rings is 1. The third kappa shape index (κ3) is 3.37. The molecule has 0 bridgehead atoms. The largest absolute Gasteiger partial charge is 0.316 e. The van der Waals surface area contributed by atoms with Crippen molar-refractivity contribution in [3.63, 3.8) is 0 Å². The highest BCUT2D eigenvalue weighted by molar-refractivity contribution is 14.1. The molecular weight excluding hydrogens is 329 g/mol. The minimum Gasteiger partial charge on any atom is -0.316 e. The molecule has 1 unspecified atom stereocenters. The molecule has 0 aliphatic carbocycles. The molecule has 1 nitrogen and oxygen atoms in total. The van der Waals surface area contributed by atoms with Crippen molar-refractivity contribution in [1.82, 2.24) is 5.32 Å². The third-order valence-electron chi connectivity index (χ3n) is 2.93. The first-order valence-electron chi connectivity index (χ1n) is 5.90. The van der Waals surface area contributed by atoms with Gasteiger partial charge in [0.05, 0.1) is 0 Å². The standard InChI is InChI=1S/C13H18INS/c14-7-3-4-8-15-9-11-10-16-13-6-2-1-5-12(11)13/h1-2,5-6,11,15H,3-4,7-10H2. The van der Waals surface area contributed by atoms with Crippen molar-refractivity contribution in [2.45, 2.75) is 23.7 Å². The maximum Gasteiger partial charge on any atom is 0.0108 e. The van der Waals surface area contributed by atoms with Gasteiger partial charge in [0.15, 0.2) is 0 Å². The van der Waals surface area contributed by atoms with Gasteiger partial charge in [0, 0.05) is 23.1 Å². The molecule has 3 heteroatoms. The zero-order valence-electron chi connectivity index (χ0n) is 9.42. The summed E-state index contributed by atoms with van der Waals surface area (Å²) in [5.41, 5.74) is 1.55. The molecule has 0 spiro atoms. The van der Waals surface area contributed by atoms with Crippen molar-refractivity contribution >= 4 is 34.4 Å². The monoisotopic (exact) mass is 347 g/mol. The van der Waals surface area contributed by atoms with Crippen molar-refractivity contribution in [2.24, 2.45) is 0 Å². The van der Waals surface area contributed by atoms with Crippen LogP contribution < -0.4 is 5.32 Å². The second-order valence-corrected chi connectivity index (χ2v) is 6.29. The topological polar surface area (TPSA) is 12.0 Å². The van der Waals surface area contributed by atoms with Gasteiger partial charge in [-0.3, -0.25) is 0 Å². The van der Waals surface area contributed by atoms with Gasteiger partial charge in [0.25, 0.3) is 0 Å². The Balaban J connectivity index is 1.76. The summed E-state index contributed by atoms with van der Waals surface area (Å²) in [6.45, 7) is 2.32. The molecule has 0 amide bonds. The van der Waals surface area contributed by atoms with E-state index in [9.17, 15) is 0 Å². The number of halogens is 1. The van der Waals surface area contributed by atoms with E-state index in [1.54, 1.807) is 5.56 Å². The average molecular weight is 347 g/mol. The van der Waals surface area contributed by atoms with Crippen LogP contribution in [0, 0.1) is 0 Å². The molecule has 1 atom stereocenters. The molecule has 0 radical (unpaired) electrons. The molecular formula is C13H18INS. The number of unbranched alkanes of at least 4 members (excludes halogenated alkanes) is 1. The summed E-state index contributed by atoms with van der Waals surface area (Å²) < 4.78 is 1.28. The van der Waals surface area contributed by atoms with E-state index in [4.69, 9.17) is 0 Å². The van der Waals surface area contributed by atoms with Crippen LogP contribution in [0.5, 0.6) is 0 Å². The fourth-order valence-electron chi connectivity index (χ4n) is 2.02. The fraction of sp³-hybridized carbons (Fsp3) is 0.538. The first-order chi connectivity index (χ1) is 7.92. The number of rotatable bonds is 6. The van der Waals surface area contributed by atoms with Crippen LogP contribution in [0.4, 0.5) is 0 Å². The van der Waals surface area contributed by atoms with Crippen LogP contribution in [0.2, 0.25) is 0 Å². The van der Waals surface area contributed by atoms with Gasteiger partial charge in [-0.05, 0) is 35.4 Å². The van der Waals surface area contributed by atoms with Gasteiger partial charge in [-0.25, -0.2) is 0 Å². The van der Waals surface area contributed by atoms with E-state index in [1.807, 2.05) is 11.8 Å². The SMILES string of the molecule is ICCCCNCC1CSc2ccccc21. The van der Waals surface area contributed by atoms with Gasteiger partial charge in [0.2, 0.25) is 0 Å². The zero-order chi connectivity index (χ0) is 11.2. The van der Waals surface area contributed by atoms with Crippen molar-refractivity contribution < 1.29 is 0 Å². The summed E-state index contributed by atoms with van der Waals surface area (Å²) in [5.74, 6) is 1.97. The van der Waals surface area contributed by atoms with E-state index in [0.717, 1.165) is 12.5 Å². The van der Waals surface area contributed by atoms with Crippen LogP contribution in [-0.4, -0.2) is 23.3 Å². The maximum atomic E-state index is 3.59. The molecule has 1 N–H and O–H groups in total. The molecule has 2 rings (SSSR count). The number of hydrogen-bond acceptors (Lipinski definition) is 2. The summed E-state index contributed by atoms with van der Waals surface area (Å²) in [5, 5.41) is 3.59. The van der Waals surface area contributed by atoms with Crippen molar-refractivity contribution in [2.75, 3.05) is 23.3 Å². The highest BCUT2D eigenvalue weighted by Crippen LogP contribution is 2.38. The quantitative estimate of drug-likeness (QED) is 0.479. The van der Waals surface area contributed by atoms with Crippen LogP contribution in [0.1, 0.15) is 24.3 Å². The van der Waals surface area contributed by atoms with E-state index in [-0.39, 0.29) is 0 Å². The van der Waals surface area contributed by atoms with Gasteiger partial charge in [0.1, 0.15) is 0 Å². The molecule has 0 saturated heterocycles. The average Bonchev–Trinajstić information content (AvgIpc) is 2.73. The Morgan fingerprint density at radius 2 is 2.19 bits per heavy atom. The molecule has 0 saturated carbocycles. The smallest absolute Gasteiger partial charge is 0.0108 e. The summed E-state index contributed by atoms with van der Waals surface area (Å²) in [4.78, 5) is 1.49. The molecule has 0 aromatic heterocycles. The molecule has 1 heterocycles. The van der Waals surface area contributed by atoms with Crippen LogP contribution in [-0.2, 0) is 0 Å². The lowest BCUT2D eigenvalue weighted by Gasteiger charge is -2.11. The Hall–Kier alpha value is 0.260. The molecule has 1 aromatic rings. The van der Waals surface area contributed by atoms with E-state index < -0.39 is 0 Å². The molecule has 1 aliphatic heterocycles. The fourth-order valence-corrected chi connectivity index (χ4v) is 3.81. The number of thioether (sulfide) groups is 1. The Morgan fingerprint density at radius 3 is 3.06 bits per heavy atom. The summed E-state index contributed by atoms with van der Waals surface area (Å²) >= 11 is 4.45. The van der Waals surface area contributed by atoms with Crippen molar-refractivity contribution in [1.29, 1.82) is 0 Å². The first-order valence-corrected chi connectivity index (χ1v) is 8.41. The minimum absolute atomic E-state index is 0.723. The first kappa shape index (κ1) is 12.7. The number of nitrogens with one attached hydrogen (secondary N) is 1. The van der Waals surface area contributed by atoms with Crippen LogP contribution >= 0.6 is 34.4 Å². The Morgan fingerprint density at radius 1 is 1.31 bits per heavy atom. The van der Waals surface area contributed by atoms with Crippen LogP contribution in [0.3, 0.4) is 0 Å². The second kappa shape index (κ2) is 6.87. The van der Waals surface area contributed by atoms with E-state index in [0.29, 0.717) is 0 Å². The maximum absolute atomic E-state index is 3.59. The van der Waals surface area contributed by atoms with Crippen molar-refractivity contribution in [3.05, 3.63) is 29.8 Å². The Labute approximate surface area is 116 Å². The number of alkyl halides is 1. The lowest BCUT2D eigenvalue weighted by molar-refractivity contribution is 0.599. The third-order valence-corrected chi connectivity index (χ3v) is 4.94. The molecule has 1 aliphatic rings. The van der Waals surface area contributed by atoms with Gasteiger partial charge in [-0.15, -0.1) is 11.8 Å². The van der Waals surface area contributed by atoms with Gasteiger partial charge >= 0.3 is 0 Å². The minimum atomic E-state index is 0.723. The Kier molecular flexibility index (Phi) is 5.45. The zero-order valence-corrected chi connectivity index (χ0v) is 12.4. The van der Waals surface area contributed by atoms with Crippen LogP contribution in [0.25, 0.3) is 0 Å². The van der Waals surface area contributed by atoms with E-state index >= 15 is 0 Å². The Bertz CT molecular complexity index is 329. The molecule has 88 valence electrons. The van der Waals surface area contributed by atoms with Crippen molar-refractivity contribution in [3.8, 4) is 0 Å². The van der Waals surface area contributed by atoms with Gasteiger partial charge < -0.3 is 5.32 Å². The number of fused-ring (bicyclic) bond motifs is 1. The predicted octanol–water partition coefficient (Wildman–Crippen LogP) is 3.68. The summed E-state index contributed by atoms with van der Waals surface area (Å²) in [7, 11) is 0. The van der Waals surface area contributed by atoms with Gasteiger partial charge in [-0.1, -0.05) is 40.8 Å². The lowest BCUT2D eigenvalue weighted by Crippen LogP contribution is -2.22. The highest BCUT2D eigenvalue weighted by Gasteiger charge is 2.21. The summed E-state index contributed by atoms with van der Waals surface area (Å²) in [6, 6.07) is 8.83. The van der Waals surface area contributed by atoms with Gasteiger partial charge in [-0.2, -0.15) is 0 Å². The normalized spacial score (nSPS) is 18.7. The molecule has 16 heavy (non-hydrogen) atoms. The van der Waals surface area contributed by atoms with E-state index in [1.165, 1.54) is 34.5 Å². The molecule has 1 aromatic carbocycles. The highest BCUT2D eigenvalue weighted by atomic mass is 127. The predicted molar refractivity (Wildman–Crippen MR) is 80.9 cm³/mol. The summed E-state index contributed by atoms with van der Waals surface area (Å²) in [6.07, 6.45) is 2.65. The van der Waals surface area contributed by atoms with E-state index in [2.05, 4.69) is 52.2 Å². The number of hydrogen-bond donors (Lipinski definition) is 1. The second-order valence-electron chi connectivity index (χ2n) is 4.15.